The first-order valence-corrected chi connectivity index (χ1v) is 10.5. The number of aromatic amines is 1. The molecule has 6 rings (SSSR count). The van der Waals surface area contributed by atoms with Gasteiger partial charge in [0.25, 0.3) is 0 Å². The van der Waals surface area contributed by atoms with Gasteiger partial charge in [-0.25, -0.2) is 13.8 Å². The molecule has 1 aliphatic rings. The van der Waals surface area contributed by atoms with E-state index in [0.717, 1.165) is 0 Å². The molecule has 1 fully saturated rings. The topological polar surface area (TPSA) is 106 Å². The number of benzene rings is 1. The standard InChI is InChI=1S/C21H15ClF2N8O/c22-18-17(12-6-25-30-20(12)13(19(18)24)8-32-26-3-4-27-32)10-1-2-16-28-15(9-31(16)7-10)29-21(33)11-5-14(11)23/h1-4,6-7,9,11,14H,5,8H2,(H,25,30)(H,29,33). The van der Waals surface area contributed by atoms with Crippen LogP contribution in [-0.4, -0.2) is 46.7 Å². The van der Waals surface area contributed by atoms with Crippen LogP contribution < -0.4 is 5.32 Å². The first-order chi connectivity index (χ1) is 16.0. The predicted molar refractivity (Wildman–Crippen MR) is 116 cm³/mol. The number of carbonyl (C=O) groups excluding carboxylic acids is 1. The van der Waals surface area contributed by atoms with E-state index < -0.39 is 23.8 Å². The number of nitrogens with zero attached hydrogens (tertiary/aromatic N) is 6. The van der Waals surface area contributed by atoms with Crippen molar-refractivity contribution in [2.75, 3.05) is 5.32 Å². The van der Waals surface area contributed by atoms with E-state index in [1.165, 1.54) is 17.2 Å². The molecule has 1 saturated carbocycles. The van der Waals surface area contributed by atoms with Crippen molar-refractivity contribution in [3.05, 3.63) is 59.5 Å². The van der Waals surface area contributed by atoms with E-state index in [0.29, 0.717) is 39.1 Å². The quantitative estimate of drug-likeness (QED) is 0.410. The van der Waals surface area contributed by atoms with Crippen LogP contribution in [0.15, 0.2) is 43.1 Å². The van der Waals surface area contributed by atoms with E-state index in [9.17, 15) is 9.18 Å². The Morgan fingerprint density at radius 3 is 2.82 bits per heavy atom. The minimum Gasteiger partial charge on any atom is -0.309 e. The van der Waals surface area contributed by atoms with Gasteiger partial charge < -0.3 is 9.72 Å². The number of amides is 1. The highest BCUT2D eigenvalue weighted by Gasteiger charge is 2.43. The molecule has 1 aliphatic carbocycles. The maximum atomic E-state index is 15.4. The molecule has 0 saturated heterocycles. The Morgan fingerprint density at radius 2 is 2.06 bits per heavy atom. The Hall–Kier alpha value is -3.86. The average Bonchev–Trinajstić information content (AvgIpc) is 3.22. The Balaban J connectivity index is 1.41. The van der Waals surface area contributed by atoms with Crippen molar-refractivity contribution in [3.8, 4) is 11.1 Å². The van der Waals surface area contributed by atoms with Crippen LogP contribution in [0.25, 0.3) is 27.7 Å². The smallest absolute Gasteiger partial charge is 0.231 e. The summed E-state index contributed by atoms with van der Waals surface area (Å²) in [6.07, 6.45) is 7.10. The summed E-state index contributed by atoms with van der Waals surface area (Å²) in [5, 5.41) is 18.2. The number of rotatable bonds is 5. The summed E-state index contributed by atoms with van der Waals surface area (Å²) >= 11 is 6.51. The van der Waals surface area contributed by atoms with E-state index in [1.807, 2.05) is 0 Å². The number of hydrogen-bond donors (Lipinski definition) is 2. The molecule has 0 spiro atoms. The maximum Gasteiger partial charge on any atom is 0.231 e. The van der Waals surface area contributed by atoms with Crippen LogP contribution in [0.4, 0.5) is 14.6 Å². The van der Waals surface area contributed by atoms with Crippen LogP contribution in [-0.2, 0) is 11.3 Å². The number of carbonyl (C=O) groups is 1. The number of H-pyrrole nitrogens is 1. The van der Waals surface area contributed by atoms with Crippen molar-refractivity contribution in [2.24, 2.45) is 5.92 Å². The normalized spacial score (nSPS) is 17.7. The Morgan fingerprint density at radius 1 is 1.27 bits per heavy atom. The van der Waals surface area contributed by atoms with Gasteiger partial charge in [-0.3, -0.25) is 9.89 Å². The molecule has 2 unspecified atom stereocenters. The second-order valence-corrected chi connectivity index (χ2v) is 8.23. The summed E-state index contributed by atoms with van der Waals surface area (Å²) in [7, 11) is 0. The number of halogens is 3. The number of hydrogen-bond acceptors (Lipinski definition) is 5. The molecule has 33 heavy (non-hydrogen) atoms. The molecular weight excluding hydrogens is 454 g/mol. The molecule has 4 aromatic heterocycles. The number of anilines is 1. The molecule has 1 aromatic carbocycles. The highest BCUT2D eigenvalue weighted by atomic mass is 35.5. The van der Waals surface area contributed by atoms with Gasteiger partial charge in [-0.1, -0.05) is 11.6 Å². The zero-order valence-electron chi connectivity index (χ0n) is 16.8. The first-order valence-electron chi connectivity index (χ1n) is 10.1. The lowest BCUT2D eigenvalue weighted by Crippen LogP contribution is -2.15. The summed E-state index contributed by atoms with van der Waals surface area (Å²) < 4.78 is 30.2. The lowest BCUT2D eigenvalue weighted by atomic mass is 9.99. The van der Waals surface area contributed by atoms with Crippen molar-refractivity contribution in [1.29, 1.82) is 0 Å². The Bertz CT molecular complexity index is 1530. The first kappa shape index (κ1) is 19.8. The maximum absolute atomic E-state index is 15.4. The van der Waals surface area contributed by atoms with Gasteiger partial charge in [0.1, 0.15) is 17.6 Å². The van der Waals surface area contributed by atoms with Crippen molar-refractivity contribution < 1.29 is 13.6 Å². The molecule has 0 bridgehead atoms. The molecular formula is C21H15ClF2N8O. The van der Waals surface area contributed by atoms with Gasteiger partial charge in [0.2, 0.25) is 5.91 Å². The average molecular weight is 469 g/mol. The molecule has 12 heteroatoms. The third-order valence-corrected chi connectivity index (χ3v) is 6.05. The van der Waals surface area contributed by atoms with E-state index in [2.05, 4.69) is 30.7 Å². The van der Waals surface area contributed by atoms with Crippen LogP contribution >= 0.6 is 11.6 Å². The Kier molecular flexibility index (Phi) is 4.40. The van der Waals surface area contributed by atoms with Crippen molar-refractivity contribution in [2.45, 2.75) is 19.1 Å². The van der Waals surface area contributed by atoms with Gasteiger partial charge >= 0.3 is 0 Å². The number of alkyl halides is 1. The van der Waals surface area contributed by atoms with Gasteiger partial charge in [-0.15, -0.1) is 0 Å². The molecule has 2 atom stereocenters. The number of aromatic nitrogens is 7. The summed E-state index contributed by atoms with van der Waals surface area (Å²) in [5.74, 6) is -1.29. The second-order valence-electron chi connectivity index (χ2n) is 7.86. The highest BCUT2D eigenvalue weighted by molar-refractivity contribution is 6.35. The van der Waals surface area contributed by atoms with Crippen LogP contribution in [0.3, 0.4) is 0 Å². The molecule has 9 nitrogen and oxygen atoms in total. The SMILES string of the molecule is O=C(Nc1cn2cc(-c3c(Cl)c(F)c(Cn4nccn4)c4[nH]ncc34)ccc2n1)C1CC1F. The van der Waals surface area contributed by atoms with Crippen molar-refractivity contribution in [1.82, 2.24) is 34.6 Å². The number of nitrogens with one attached hydrogen (secondary N) is 2. The summed E-state index contributed by atoms with van der Waals surface area (Å²) in [6, 6.07) is 3.48. The third-order valence-electron chi connectivity index (χ3n) is 5.69. The molecule has 1 amide bonds. The fourth-order valence-electron chi connectivity index (χ4n) is 3.93. The number of fused-ring (bicyclic) bond motifs is 2. The van der Waals surface area contributed by atoms with Crippen LogP contribution in [0.2, 0.25) is 5.02 Å². The van der Waals surface area contributed by atoms with E-state index in [1.54, 1.807) is 35.1 Å². The fourth-order valence-corrected chi connectivity index (χ4v) is 4.25. The zero-order chi connectivity index (χ0) is 22.7. The minimum absolute atomic E-state index is 0.0539. The van der Waals surface area contributed by atoms with Crippen molar-refractivity contribution >= 4 is 39.9 Å². The largest absolute Gasteiger partial charge is 0.309 e. The van der Waals surface area contributed by atoms with Crippen LogP contribution in [0, 0.1) is 11.7 Å². The molecule has 0 radical (unpaired) electrons. The van der Waals surface area contributed by atoms with Gasteiger partial charge in [-0.2, -0.15) is 20.1 Å². The summed E-state index contributed by atoms with van der Waals surface area (Å²) in [5.41, 5.74) is 2.45. The summed E-state index contributed by atoms with van der Waals surface area (Å²) in [4.78, 5) is 17.7. The third kappa shape index (κ3) is 3.32. The Labute approximate surface area is 189 Å². The zero-order valence-corrected chi connectivity index (χ0v) is 17.6. The molecule has 4 heterocycles. The van der Waals surface area contributed by atoms with Gasteiger partial charge in [0.05, 0.1) is 47.8 Å². The minimum atomic E-state index is -1.09. The van der Waals surface area contributed by atoms with Gasteiger partial charge in [0.15, 0.2) is 5.82 Å². The highest BCUT2D eigenvalue weighted by Crippen LogP contribution is 2.39. The van der Waals surface area contributed by atoms with E-state index >= 15 is 4.39 Å². The fraction of sp³-hybridized carbons (Fsp3) is 0.190. The van der Waals surface area contributed by atoms with Crippen molar-refractivity contribution in [3.63, 3.8) is 0 Å². The van der Waals surface area contributed by atoms with Gasteiger partial charge in [-0.05, 0) is 18.6 Å². The lowest BCUT2D eigenvalue weighted by Gasteiger charge is -2.12. The van der Waals surface area contributed by atoms with E-state index in [-0.39, 0.29) is 18.0 Å². The number of imidazole rings is 1. The van der Waals surface area contributed by atoms with Gasteiger partial charge in [0, 0.05) is 28.3 Å². The monoisotopic (exact) mass is 468 g/mol. The van der Waals surface area contributed by atoms with Crippen LogP contribution in [0.1, 0.15) is 12.0 Å². The molecule has 2 N–H and O–H groups in total. The molecule has 0 aliphatic heterocycles. The van der Waals surface area contributed by atoms with E-state index in [4.69, 9.17) is 11.6 Å². The summed E-state index contributed by atoms with van der Waals surface area (Å²) in [6.45, 7) is 0.0852. The predicted octanol–water partition coefficient (Wildman–Crippen LogP) is 3.61. The molecule has 166 valence electrons. The number of pyridine rings is 1. The van der Waals surface area contributed by atoms with Crippen LogP contribution in [0.5, 0.6) is 0 Å². The lowest BCUT2D eigenvalue weighted by molar-refractivity contribution is -0.117. The molecule has 5 aromatic rings. The second kappa shape index (κ2) is 7.34.